The van der Waals surface area contributed by atoms with E-state index >= 15 is 0 Å². The number of nitrogens with zero attached hydrogens (tertiary/aromatic N) is 1. The van der Waals surface area contributed by atoms with E-state index in [1.165, 1.54) is 5.56 Å². The van der Waals surface area contributed by atoms with Crippen molar-refractivity contribution in [1.29, 1.82) is 0 Å². The predicted octanol–water partition coefficient (Wildman–Crippen LogP) is 2.47. The summed E-state index contributed by atoms with van der Waals surface area (Å²) in [4.78, 5) is 13.6. The zero-order valence-corrected chi connectivity index (χ0v) is 12.2. The number of carbonyl (C=O) groups is 1. The summed E-state index contributed by atoms with van der Waals surface area (Å²) in [5.41, 5.74) is 1.36. The van der Waals surface area contributed by atoms with Crippen molar-refractivity contribution in [3.8, 4) is 0 Å². The zero-order chi connectivity index (χ0) is 13.9. The number of carbonyl (C=O) groups excluding carboxylic acids is 1. The van der Waals surface area contributed by atoms with Gasteiger partial charge in [0.25, 0.3) is 0 Å². The van der Waals surface area contributed by atoms with Crippen LogP contribution in [0, 0.1) is 0 Å². The van der Waals surface area contributed by atoms with Gasteiger partial charge in [0.05, 0.1) is 6.54 Å². The normalized spacial score (nSPS) is 10.4. The van der Waals surface area contributed by atoms with Crippen molar-refractivity contribution in [2.75, 3.05) is 26.7 Å². The average Bonchev–Trinajstić information content (AvgIpc) is 2.45. The van der Waals surface area contributed by atoms with Crippen molar-refractivity contribution in [2.45, 2.75) is 32.6 Å². The number of amides is 1. The lowest BCUT2D eigenvalue weighted by Gasteiger charge is -2.16. The first-order valence-corrected chi connectivity index (χ1v) is 7.22. The van der Waals surface area contributed by atoms with Gasteiger partial charge in [-0.05, 0) is 31.4 Å². The first-order valence-electron chi connectivity index (χ1n) is 7.22. The molecule has 0 saturated carbocycles. The number of rotatable bonds is 9. The average molecular weight is 262 g/mol. The number of hydrogen-bond acceptors (Lipinski definition) is 2. The highest BCUT2D eigenvalue weighted by atomic mass is 16.2. The van der Waals surface area contributed by atoms with Crippen LogP contribution >= 0.6 is 0 Å². The van der Waals surface area contributed by atoms with Crippen molar-refractivity contribution >= 4 is 5.91 Å². The van der Waals surface area contributed by atoms with E-state index in [0.717, 1.165) is 38.8 Å². The van der Waals surface area contributed by atoms with Crippen molar-refractivity contribution in [1.82, 2.24) is 10.2 Å². The number of unbranched alkanes of at least 4 members (excludes halogenated alkanes) is 1. The molecular weight excluding hydrogens is 236 g/mol. The molecule has 0 atom stereocenters. The second-order valence-corrected chi connectivity index (χ2v) is 4.93. The van der Waals surface area contributed by atoms with E-state index in [1.807, 2.05) is 18.0 Å². The van der Waals surface area contributed by atoms with Gasteiger partial charge in [0.15, 0.2) is 0 Å². The Hall–Kier alpha value is -1.35. The Morgan fingerprint density at radius 2 is 1.95 bits per heavy atom. The van der Waals surface area contributed by atoms with Crippen LogP contribution in [0.1, 0.15) is 31.7 Å². The molecule has 0 fully saturated rings. The molecule has 0 saturated heterocycles. The molecule has 3 heteroatoms. The van der Waals surface area contributed by atoms with Crippen LogP contribution in [0.2, 0.25) is 0 Å². The summed E-state index contributed by atoms with van der Waals surface area (Å²) >= 11 is 0. The fourth-order valence-electron chi connectivity index (χ4n) is 1.91. The van der Waals surface area contributed by atoms with Gasteiger partial charge in [-0.25, -0.2) is 0 Å². The van der Waals surface area contributed by atoms with E-state index in [0.29, 0.717) is 6.54 Å². The highest BCUT2D eigenvalue weighted by Crippen LogP contribution is 2.01. The first kappa shape index (κ1) is 15.7. The lowest BCUT2D eigenvalue weighted by atomic mass is 10.1. The Morgan fingerprint density at radius 3 is 2.63 bits per heavy atom. The topological polar surface area (TPSA) is 32.3 Å². The fourth-order valence-corrected chi connectivity index (χ4v) is 1.91. The van der Waals surface area contributed by atoms with Crippen LogP contribution in [0.4, 0.5) is 0 Å². The highest BCUT2D eigenvalue weighted by molar-refractivity contribution is 5.77. The molecule has 0 aliphatic heterocycles. The number of aryl methyl sites for hydroxylation is 1. The van der Waals surface area contributed by atoms with Crippen LogP contribution in [0.3, 0.4) is 0 Å². The van der Waals surface area contributed by atoms with Crippen LogP contribution in [0.15, 0.2) is 30.3 Å². The van der Waals surface area contributed by atoms with E-state index in [9.17, 15) is 4.79 Å². The molecule has 0 spiro atoms. The number of hydrogen-bond donors (Lipinski definition) is 1. The van der Waals surface area contributed by atoms with Gasteiger partial charge in [-0.1, -0.05) is 43.7 Å². The maximum Gasteiger partial charge on any atom is 0.236 e. The molecule has 1 N–H and O–H groups in total. The minimum atomic E-state index is 0.188. The molecule has 106 valence electrons. The maximum atomic E-state index is 11.7. The van der Waals surface area contributed by atoms with E-state index in [2.05, 4.69) is 36.5 Å². The smallest absolute Gasteiger partial charge is 0.236 e. The summed E-state index contributed by atoms with van der Waals surface area (Å²) in [7, 11) is 1.88. The van der Waals surface area contributed by atoms with Crippen LogP contribution in [0.25, 0.3) is 0 Å². The summed E-state index contributed by atoms with van der Waals surface area (Å²) in [6.45, 7) is 4.35. The summed E-state index contributed by atoms with van der Waals surface area (Å²) in [5, 5.41) is 3.22. The van der Waals surface area contributed by atoms with Crippen molar-refractivity contribution in [3.05, 3.63) is 35.9 Å². The Balaban J connectivity index is 2.05. The summed E-state index contributed by atoms with van der Waals surface area (Å²) in [6, 6.07) is 10.4. The molecule has 0 unspecified atom stereocenters. The molecule has 1 aromatic carbocycles. The van der Waals surface area contributed by atoms with Gasteiger partial charge in [0, 0.05) is 13.6 Å². The predicted molar refractivity (Wildman–Crippen MR) is 80.2 cm³/mol. The molecule has 0 aliphatic rings. The molecule has 3 nitrogen and oxygen atoms in total. The molecule has 1 rings (SSSR count). The van der Waals surface area contributed by atoms with Gasteiger partial charge in [-0.3, -0.25) is 4.79 Å². The van der Waals surface area contributed by atoms with Crippen LogP contribution in [-0.4, -0.2) is 37.5 Å². The molecule has 0 aromatic heterocycles. The minimum Gasteiger partial charge on any atom is -0.345 e. The van der Waals surface area contributed by atoms with Gasteiger partial charge >= 0.3 is 0 Å². The monoisotopic (exact) mass is 262 g/mol. The summed E-state index contributed by atoms with van der Waals surface area (Å²) < 4.78 is 0. The second-order valence-electron chi connectivity index (χ2n) is 4.93. The molecule has 0 bridgehead atoms. The molecule has 1 aromatic rings. The first-order chi connectivity index (χ1) is 9.24. The van der Waals surface area contributed by atoms with Crippen LogP contribution < -0.4 is 5.32 Å². The Labute approximate surface area is 117 Å². The van der Waals surface area contributed by atoms with Gasteiger partial charge in [-0.15, -0.1) is 0 Å². The van der Waals surface area contributed by atoms with Crippen molar-refractivity contribution in [3.63, 3.8) is 0 Å². The molecule has 1 amide bonds. The lowest BCUT2D eigenvalue weighted by Crippen LogP contribution is -2.36. The third-order valence-corrected chi connectivity index (χ3v) is 3.21. The standard InChI is InChI=1S/C16H26N2O/c1-3-4-13-18(2)16(19)14-17-12-8-11-15-9-6-5-7-10-15/h5-7,9-10,17H,3-4,8,11-14H2,1-2H3. The molecule has 0 heterocycles. The van der Waals surface area contributed by atoms with E-state index in [1.54, 1.807) is 0 Å². The van der Waals surface area contributed by atoms with E-state index in [-0.39, 0.29) is 5.91 Å². The molecule has 0 aliphatic carbocycles. The van der Waals surface area contributed by atoms with Crippen molar-refractivity contribution in [2.24, 2.45) is 0 Å². The third kappa shape index (κ3) is 6.97. The highest BCUT2D eigenvalue weighted by Gasteiger charge is 2.06. The van der Waals surface area contributed by atoms with Crippen LogP contribution in [0.5, 0.6) is 0 Å². The maximum absolute atomic E-state index is 11.7. The third-order valence-electron chi connectivity index (χ3n) is 3.21. The number of benzene rings is 1. The van der Waals surface area contributed by atoms with Crippen LogP contribution in [-0.2, 0) is 11.2 Å². The van der Waals surface area contributed by atoms with Gasteiger partial charge in [0.1, 0.15) is 0 Å². The van der Waals surface area contributed by atoms with Gasteiger partial charge < -0.3 is 10.2 Å². The fraction of sp³-hybridized carbons (Fsp3) is 0.562. The summed E-state index contributed by atoms with van der Waals surface area (Å²) in [6.07, 6.45) is 4.34. The van der Waals surface area contributed by atoms with Gasteiger partial charge in [-0.2, -0.15) is 0 Å². The summed E-state index contributed by atoms with van der Waals surface area (Å²) in [5.74, 6) is 0.188. The SMILES string of the molecule is CCCCN(C)C(=O)CNCCCc1ccccc1. The Bertz CT molecular complexity index is 351. The second kappa shape index (κ2) is 9.56. The van der Waals surface area contributed by atoms with Crippen molar-refractivity contribution < 1.29 is 4.79 Å². The van der Waals surface area contributed by atoms with E-state index in [4.69, 9.17) is 0 Å². The molecule has 19 heavy (non-hydrogen) atoms. The number of likely N-dealkylation sites (N-methyl/N-ethyl adjacent to an activating group) is 1. The molecule has 0 radical (unpaired) electrons. The quantitative estimate of drug-likeness (QED) is 0.693. The van der Waals surface area contributed by atoms with E-state index < -0.39 is 0 Å². The number of nitrogens with one attached hydrogen (secondary N) is 1. The largest absolute Gasteiger partial charge is 0.345 e. The molecular formula is C16H26N2O. The minimum absolute atomic E-state index is 0.188. The lowest BCUT2D eigenvalue weighted by molar-refractivity contribution is -0.129. The Morgan fingerprint density at radius 1 is 1.21 bits per heavy atom. The van der Waals surface area contributed by atoms with Gasteiger partial charge in [0.2, 0.25) is 5.91 Å². The zero-order valence-electron chi connectivity index (χ0n) is 12.2. The Kier molecular flexibility index (Phi) is 7.91.